The number of carboxylic acids is 1. The summed E-state index contributed by atoms with van der Waals surface area (Å²) in [7, 11) is 0. The highest BCUT2D eigenvalue weighted by molar-refractivity contribution is 5.97. The zero-order valence-electron chi connectivity index (χ0n) is 19.1. The molecule has 4 rings (SSSR count). The van der Waals surface area contributed by atoms with Gasteiger partial charge in [0.2, 0.25) is 0 Å². The number of carboxylic acid groups (broad SMARTS) is 1. The van der Waals surface area contributed by atoms with E-state index in [1.807, 2.05) is 0 Å². The first-order valence-corrected chi connectivity index (χ1v) is 11.1. The molecule has 4 aromatic rings. The van der Waals surface area contributed by atoms with Crippen molar-refractivity contribution in [3.05, 3.63) is 102 Å². The summed E-state index contributed by atoms with van der Waals surface area (Å²) in [5.41, 5.74) is 0.363. The molecule has 3 N–H and O–H groups in total. The molecule has 2 aromatic carbocycles. The van der Waals surface area contributed by atoms with Crippen LogP contribution in [0, 0.1) is 0 Å². The summed E-state index contributed by atoms with van der Waals surface area (Å²) in [6.07, 6.45) is -3.48. The van der Waals surface area contributed by atoms with Gasteiger partial charge in [0, 0.05) is 18.0 Å². The van der Waals surface area contributed by atoms with Crippen LogP contribution in [0.2, 0.25) is 0 Å². The van der Waals surface area contributed by atoms with Gasteiger partial charge in [-0.05, 0) is 42.3 Å². The molecule has 0 saturated carbocycles. The smallest absolute Gasteiger partial charge is 0.416 e. The predicted octanol–water partition coefficient (Wildman–Crippen LogP) is 3.74. The standard InChI is InChI=1S/C26H21F3N4O4/c27-26(28,29)18-9-4-8-17(15-18)20-11-13-33(32-20)23-19(10-5-12-30-23)24(35)31-21(22(34)25(36)37)14-16-6-2-1-3-7-16/h1-13,15,21-22,34H,14H2,(H,31,35)(H,36,37). The first-order valence-electron chi connectivity index (χ1n) is 11.1. The van der Waals surface area contributed by atoms with Crippen molar-refractivity contribution in [1.29, 1.82) is 0 Å². The molecule has 2 unspecified atom stereocenters. The van der Waals surface area contributed by atoms with Crippen LogP contribution in [0.3, 0.4) is 0 Å². The number of nitrogens with zero attached hydrogens (tertiary/aromatic N) is 3. The number of aliphatic carboxylic acids is 1. The summed E-state index contributed by atoms with van der Waals surface area (Å²) in [6.45, 7) is 0. The number of aliphatic hydroxyl groups excluding tert-OH is 1. The highest BCUT2D eigenvalue weighted by Crippen LogP contribution is 2.32. The molecule has 0 aliphatic carbocycles. The van der Waals surface area contributed by atoms with Gasteiger partial charge in [0.05, 0.1) is 22.9 Å². The number of hydrogen-bond donors (Lipinski definition) is 3. The molecule has 2 aromatic heterocycles. The van der Waals surface area contributed by atoms with Crippen molar-refractivity contribution in [2.45, 2.75) is 24.7 Å². The molecule has 0 radical (unpaired) electrons. The van der Waals surface area contributed by atoms with E-state index in [1.54, 1.807) is 30.3 Å². The lowest BCUT2D eigenvalue weighted by Gasteiger charge is -2.22. The van der Waals surface area contributed by atoms with E-state index in [9.17, 15) is 33.0 Å². The predicted molar refractivity (Wildman–Crippen MR) is 127 cm³/mol. The van der Waals surface area contributed by atoms with E-state index in [0.29, 0.717) is 5.56 Å². The third-order valence-electron chi connectivity index (χ3n) is 5.57. The van der Waals surface area contributed by atoms with Gasteiger partial charge in [-0.1, -0.05) is 42.5 Å². The Kier molecular flexibility index (Phi) is 7.35. The number of alkyl halides is 3. The second-order valence-electron chi connectivity index (χ2n) is 8.15. The van der Waals surface area contributed by atoms with Gasteiger partial charge in [-0.2, -0.15) is 18.3 Å². The molecule has 0 aliphatic heterocycles. The average Bonchev–Trinajstić information content (AvgIpc) is 3.38. The highest BCUT2D eigenvalue weighted by Gasteiger charge is 2.31. The lowest BCUT2D eigenvalue weighted by Crippen LogP contribution is -2.48. The molecule has 0 aliphatic rings. The molecule has 2 heterocycles. The fourth-order valence-electron chi connectivity index (χ4n) is 3.74. The Hall–Kier alpha value is -4.51. The second-order valence-corrected chi connectivity index (χ2v) is 8.15. The number of aromatic nitrogens is 3. The topological polar surface area (TPSA) is 117 Å². The van der Waals surface area contributed by atoms with Crippen LogP contribution in [0.5, 0.6) is 0 Å². The number of carbonyl (C=O) groups is 2. The van der Waals surface area contributed by atoms with E-state index in [4.69, 9.17) is 0 Å². The molecular weight excluding hydrogens is 489 g/mol. The second kappa shape index (κ2) is 10.6. The van der Waals surface area contributed by atoms with Crippen LogP contribution in [-0.4, -0.2) is 49.0 Å². The maximum Gasteiger partial charge on any atom is 0.416 e. The molecular formula is C26H21F3N4O4. The van der Waals surface area contributed by atoms with Crippen LogP contribution in [0.1, 0.15) is 21.5 Å². The first-order chi connectivity index (χ1) is 17.6. The number of nitrogens with one attached hydrogen (secondary N) is 1. The molecule has 37 heavy (non-hydrogen) atoms. The van der Waals surface area contributed by atoms with Crippen LogP contribution in [0.15, 0.2) is 85.2 Å². The summed E-state index contributed by atoms with van der Waals surface area (Å²) < 4.78 is 40.6. The van der Waals surface area contributed by atoms with Gasteiger partial charge in [-0.3, -0.25) is 4.79 Å². The molecule has 0 spiro atoms. The molecule has 8 nitrogen and oxygen atoms in total. The van der Waals surface area contributed by atoms with Crippen molar-refractivity contribution in [2.75, 3.05) is 0 Å². The summed E-state index contributed by atoms with van der Waals surface area (Å²) in [5, 5.41) is 26.4. The van der Waals surface area contributed by atoms with Crippen molar-refractivity contribution in [1.82, 2.24) is 20.1 Å². The van der Waals surface area contributed by atoms with Gasteiger partial charge in [0.25, 0.3) is 5.91 Å². The van der Waals surface area contributed by atoms with Crippen LogP contribution >= 0.6 is 0 Å². The molecule has 1 amide bonds. The molecule has 0 fully saturated rings. The number of halogens is 3. The number of hydrogen-bond acceptors (Lipinski definition) is 5. The monoisotopic (exact) mass is 510 g/mol. The zero-order chi connectivity index (χ0) is 26.6. The van der Waals surface area contributed by atoms with Crippen LogP contribution in [0.25, 0.3) is 17.1 Å². The molecule has 190 valence electrons. The van der Waals surface area contributed by atoms with Gasteiger partial charge in [0.1, 0.15) is 0 Å². The maximum atomic E-state index is 13.2. The minimum absolute atomic E-state index is 0.0249. The summed E-state index contributed by atoms with van der Waals surface area (Å²) >= 11 is 0. The molecule has 0 saturated heterocycles. The van der Waals surface area contributed by atoms with Gasteiger partial charge < -0.3 is 15.5 Å². The number of aliphatic hydroxyl groups is 1. The fraction of sp³-hybridized carbons (Fsp3) is 0.154. The van der Waals surface area contributed by atoms with E-state index in [0.717, 1.165) is 12.1 Å². The Balaban J connectivity index is 1.62. The van der Waals surface area contributed by atoms with Gasteiger partial charge in [-0.25, -0.2) is 14.5 Å². The van der Waals surface area contributed by atoms with Crippen molar-refractivity contribution >= 4 is 11.9 Å². The highest BCUT2D eigenvalue weighted by atomic mass is 19.4. The zero-order valence-corrected chi connectivity index (χ0v) is 19.1. The normalized spacial score (nSPS) is 13.1. The summed E-state index contributed by atoms with van der Waals surface area (Å²) in [4.78, 5) is 28.8. The van der Waals surface area contributed by atoms with Crippen molar-refractivity contribution in [3.63, 3.8) is 0 Å². The number of rotatable bonds is 8. The van der Waals surface area contributed by atoms with Crippen LogP contribution in [0.4, 0.5) is 13.2 Å². The van der Waals surface area contributed by atoms with Gasteiger partial charge in [-0.15, -0.1) is 0 Å². The van der Waals surface area contributed by atoms with Crippen molar-refractivity contribution in [2.24, 2.45) is 0 Å². The third kappa shape index (κ3) is 6.01. The Morgan fingerprint density at radius 1 is 1.00 bits per heavy atom. The number of benzene rings is 2. The SMILES string of the molecule is O=C(NC(Cc1ccccc1)C(O)C(=O)O)c1cccnc1-n1ccc(-c2cccc(C(F)(F)F)c2)n1. The lowest BCUT2D eigenvalue weighted by atomic mass is 10.0. The first kappa shape index (κ1) is 25.6. The molecule has 11 heteroatoms. The van der Waals surface area contributed by atoms with E-state index < -0.39 is 35.8 Å². The number of carbonyl (C=O) groups excluding carboxylic acids is 1. The number of pyridine rings is 1. The van der Waals surface area contributed by atoms with Gasteiger partial charge >= 0.3 is 12.1 Å². The fourth-order valence-corrected chi connectivity index (χ4v) is 3.74. The summed E-state index contributed by atoms with van der Waals surface area (Å²) in [5.74, 6) is -2.13. The maximum absolute atomic E-state index is 13.2. The summed E-state index contributed by atoms with van der Waals surface area (Å²) in [6, 6.07) is 16.7. The van der Waals surface area contributed by atoms with Crippen LogP contribution < -0.4 is 5.32 Å². The Morgan fingerprint density at radius 3 is 2.46 bits per heavy atom. The van der Waals surface area contributed by atoms with E-state index >= 15 is 0 Å². The van der Waals surface area contributed by atoms with E-state index in [1.165, 1.54) is 47.4 Å². The lowest BCUT2D eigenvalue weighted by molar-refractivity contribution is -0.148. The minimum Gasteiger partial charge on any atom is -0.479 e. The van der Waals surface area contributed by atoms with Crippen LogP contribution in [-0.2, 0) is 17.4 Å². The van der Waals surface area contributed by atoms with E-state index in [-0.39, 0.29) is 29.1 Å². The Morgan fingerprint density at radius 2 is 1.76 bits per heavy atom. The van der Waals surface area contributed by atoms with Crippen molar-refractivity contribution in [3.8, 4) is 17.1 Å². The van der Waals surface area contributed by atoms with Crippen molar-refractivity contribution < 1.29 is 33.0 Å². The van der Waals surface area contributed by atoms with Gasteiger partial charge in [0.15, 0.2) is 11.9 Å². The molecule has 0 bridgehead atoms. The minimum atomic E-state index is -4.51. The Bertz CT molecular complexity index is 1410. The largest absolute Gasteiger partial charge is 0.479 e. The third-order valence-corrected chi connectivity index (χ3v) is 5.57. The molecule has 2 atom stereocenters. The van der Waals surface area contributed by atoms with E-state index in [2.05, 4.69) is 15.4 Å². The quantitative estimate of drug-likeness (QED) is 0.333. The average molecular weight is 510 g/mol. The number of amides is 1. The Labute approximate surface area is 209 Å².